The summed E-state index contributed by atoms with van der Waals surface area (Å²) < 4.78 is 12.8. The first-order valence-electron chi connectivity index (χ1n) is 6.31. The highest BCUT2D eigenvalue weighted by molar-refractivity contribution is 5.80. The molecular formula is C13H16FN3O3. The second kappa shape index (κ2) is 6.23. The van der Waals surface area contributed by atoms with E-state index in [2.05, 4.69) is 10.2 Å². The molecule has 0 aromatic heterocycles. The van der Waals surface area contributed by atoms with Crippen molar-refractivity contribution in [3.8, 4) is 0 Å². The minimum atomic E-state index is -1.07. The monoisotopic (exact) mass is 281 g/mol. The van der Waals surface area contributed by atoms with Crippen LogP contribution in [0.3, 0.4) is 0 Å². The summed E-state index contributed by atoms with van der Waals surface area (Å²) in [6.45, 7) is 1.89. The van der Waals surface area contributed by atoms with Crippen LogP contribution in [0.4, 0.5) is 14.9 Å². The van der Waals surface area contributed by atoms with Gasteiger partial charge in [0.1, 0.15) is 12.4 Å². The highest BCUT2D eigenvalue weighted by Crippen LogP contribution is 2.16. The molecule has 0 aliphatic carbocycles. The number of carbonyl (C=O) groups is 2. The largest absolute Gasteiger partial charge is 0.480 e. The van der Waals surface area contributed by atoms with Crippen molar-refractivity contribution < 1.29 is 19.1 Å². The van der Waals surface area contributed by atoms with Gasteiger partial charge in [0.25, 0.3) is 0 Å². The lowest BCUT2D eigenvalue weighted by Gasteiger charge is -2.36. The lowest BCUT2D eigenvalue weighted by atomic mass is 10.2. The van der Waals surface area contributed by atoms with Gasteiger partial charge in [0.05, 0.1) is 0 Å². The van der Waals surface area contributed by atoms with Crippen molar-refractivity contribution in [2.75, 3.05) is 37.6 Å². The van der Waals surface area contributed by atoms with Gasteiger partial charge in [0, 0.05) is 31.9 Å². The Morgan fingerprint density at radius 2 is 1.75 bits per heavy atom. The number of amides is 2. The molecule has 6 nitrogen and oxygen atoms in total. The topological polar surface area (TPSA) is 72.9 Å². The second-order valence-electron chi connectivity index (χ2n) is 4.50. The molecule has 2 N–H and O–H groups in total. The van der Waals surface area contributed by atoms with Gasteiger partial charge in [0.15, 0.2) is 0 Å². The second-order valence-corrected chi connectivity index (χ2v) is 4.50. The van der Waals surface area contributed by atoms with Crippen LogP contribution in [0.5, 0.6) is 0 Å². The molecular weight excluding hydrogens is 265 g/mol. The highest BCUT2D eigenvalue weighted by atomic mass is 19.1. The molecule has 0 atom stereocenters. The molecule has 108 valence electrons. The van der Waals surface area contributed by atoms with E-state index in [4.69, 9.17) is 5.11 Å². The number of nitrogens with one attached hydrogen (secondary N) is 1. The molecule has 1 aromatic rings. The molecule has 0 radical (unpaired) electrons. The van der Waals surface area contributed by atoms with Crippen molar-refractivity contribution in [2.45, 2.75) is 0 Å². The van der Waals surface area contributed by atoms with E-state index in [0.29, 0.717) is 26.2 Å². The van der Waals surface area contributed by atoms with Crippen LogP contribution in [0.1, 0.15) is 0 Å². The van der Waals surface area contributed by atoms with E-state index in [-0.39, 0.29) is 18.4 Å². The quantitative estimate of drug-likeness (QED) is 0.857. The van der Waals surface area contributed by atoms with E-state index >= 15 is 0 Å². The minimum Gasteiger partial charge on any atom is -0.480 e. The zero-order valence-electron chi connectivity index (χ0n) is 10.9. The van der Waals surface area contributed by atoms with Gasteiger partial charge in [-0.15, -0.1) is 0 Å². The first-order valence-corrected chi connectivity index (χ1v) is 6.31. The maximum absolute atomic E-state index is 12.8. The van der Waals surface area contributed by atoms with E-state index < -0.39 is 5.97 Å². The lowest BCUT2D eigenvalue weighted by molar-refractivity contribution is -0.135. The SMILES string of the molecule is O=C(O)CNC(=O)N1CCN(c2ccc(F)cc2)CC1. The number of hydrogen-bond acceptors (Lipinski definition) is 3. The van der Waals surface area contributed by atoms with Crippen molar-refractivity contribution in [1.82, 2.24) is 10.2 Å². The summed E-state index contributed by atoms with van der Waals surface area (Å²) in [5.74, 6) is -1.34. The Kier molecular flexibility index (Phi) is 4.39. The summed E-state index contributed by atoms with van der Waals surface area (Å²) in [5.41, 5.74) is 0.914. The molecule has 1 heterocycles. The Hall–Kier alpha value is -2.31. The number of halogens is 1. The molecule has 2 amide bonds. The molecule has 1 aromatic carbocycles. The van der Waals surface area contributed by atoms with Gasteiger partial charge in [-0.3, -0.25) is 4.79 Å². The lowest BCUT2D eigenvalue weighted by Crippen LogP contribution is -2.52. The van der Waals surface area contributed by atoms with Crippen LogP contribution < -0.4 is 10.2 Å². The van der Waals surface area contributed by atoms with Crippen molar-refractivity contribution in [3.63, 3.8) is 0 Å². The molecule has 20 heavy (non-hydrogen) atoms. The number of piperazine rings is 1. The maximum atomic E-state index is 12.8. The van der Waals surface area contributed by atoms with E-state index in [1.807, 2.05) is 0 Å². The molecule has 0 bridgehead atoms. The summed E-state index contributed by atoms with van der Waals surface area (Å²) in [7, 11) is 0. The zero-order valence-corrected chi connectivity index (χ0v) is 10.9. The van der Waals surface area contributed by atoms with E-state index in [9.17, 15) is 14.0 Å². The Balaban J connectivity index is 1.84. The van der Waals surface area contributed by atoms with E-state index in [1.54, 1.807) is 17.0 Å². The van der Waals surface area contributed by atoms with Crippen molar-refractivity contribution in [3.05, 3.63) is 30.1 Å². The number of anilines is 1. The van der Waals surface area contributed by atoms with Gasteiger partial charge < -0.3 is 20.2 Å². The average molecular weight is 281 g/mol. The van der Waals surface area contributed by atoms with Gasteiger partial charge in [-0.2, -0.15) is 0 Å². The standard InChI is InChI=1S/C13H16FN3O3/c14-10-1-3-11(4-2-10)16-5-7-17(8-6-16)13(20)15-9-12(18)19/h1-4H,5-9H2,(H,15,20)(H,18,19). The number of urea groups is 1. The first-order chi connectivity index (χ1) is 9.56. The summed E-state index contributed by atoms with van der Waals surface area (Å²) in [6.07, 6.45) is 0. The van der Waals surface area contributed by atoms with Gasteiger partial charge in [-0.25, -0.2) is 9.18 Å². The van der Waals surface area contributed by atoms with Crippen LogP contribution >= 0.6 is 0 Å². The Morgan fingerprint density at radius 1 is 1.15 bits per heavy atom. The fraction of sp³-hybridized carbons (Fsp3) is 0.385. The minimum absolute atomic E-state index is 0.277. The number of carbonyl (C=O) groups excluding carboxylic acids is 1. The summed E-state index contributed by atoms with van der Waals surface area (Å²) in [6, 6.07) is 5.85. The van der Waals surface area contributed by atoms with Gasteiger partial charge >= 0.3 is 12.0 Å². The van der Waals surface area contributed by atoms with Crippen molar-refractivity contribution in [1.29, 1.82) is 0 Å². The summed E-state index contributed by atoms with van der Waals surface area (Å²) in [4.78, 5) is 25.7. The number of hydrogen-bond donors (Lipinski definition) is 2. The zero-order chi connectivity index (χ0) is 14.5. The predicted molar refractivity (Wildman–Crippen MR) is 71.2 cm³/mol. The number of benzene rings is 1. The fourth-order valence-corrected chi connectivity index (χ4v) is 2.08. The van der Waals surface area contributed by atoms with E-state index in [0.717, 1.165) is 5.69 Å². The van der Waals surface area contributed by atoms with Crippen LogP contribution in [0.15, 0.2) is 24.3 Å². The number of nitrogens with zero attached hydrogens (tertiary/aromatic N) is 2. The Morgan fingerprint density at radius 3 is 2.30 bits per heavy atom. The fourth-order valence-electron chi connectivity index (χ4n) is 2.08. The van der Waals surface area contributed by atoms with Crippen LogP contribution in [0, 0.1) is 5.82 Å². The van der Waals surface area contributed by atoms with Crippen molar-refractivity contribution >= 4 is 17.7 Å². The smallest absolute Gasteiger partial charge is 0.323 e. The average Bonchev–Trinajstić information content (AvgIpc) is 2.46. The molecule has 1 aliphatic rings. The van der Waals surface area contributed by atoms with Crippen LogP contribution in [0.25, 0.3) is 0 Å². The van der Waals surface area contributed by atoms with Crippen LogP contribution in [0.2, 0.25) is 0 Å². The number of carboxylic acid groups (broad SMARTS) is 1. The highest BCUT2D eigenvalue weighted by Gasteiger charge is 2.21. The molecule has 0 spiro atoms. The first kappa shape index (κ1) is 14.1. The van der Waals surface area contributed by atoms with Crippen LogP contribution in [-0.2, 0) is 4.79 Å². The maximum Gasteiger partial charge on any atom is 0.323 e. The van der Waals surface area contributed by atoms with Gasteiger partial charge in [0.2, 0.25) is 0 Å². The number of carboxylic acids is 1. The number of rotatable bonds is 3. The molecule has 2 rings (SSSR count). The van der Waals surface area contributed by atoms with Crippen LogP contribution in [-0.4, -0.2) is 54.7 Å². The predicted octanol–water partition coefficient (Wildman–Crippen LogP) is 0.742. The molecule has 0 saturated carbocycles. The third-order valence-corrected chi connectivity index (χ3v) is 3.15. The van der Waals surface area contributed by atoms with Crippen molar-refractivity contribution in [2.24, 2.45) is 0 Å². The molecule has 1 aliphatic heterocycles. The Bertz CT molecular complexity index is 484. The third kappa shape index (κ3) is 3.59. The molecule has 0 unspecified atom stereocenters. The molecule has 7 heteroatoms. The normalized spacial score (nSPS) is 15.1. The number of aliphatic carboxylic acids is 1. The van der Waals surface area contributed by atoms with E-state index in [1.165, 1.54) is 12.1 Å². The Labute approximate surface area is 115 Å². The van der Waals surface area contributed by atoms with Gasteiger partial charge in [-0.05, 0) is 24.3 Å². The summed E-state index contributed by atoms with van der Waals surface area (Å²) in [5, 5.41) is 10.8. The molecule has 1 fully saturated rings. The van der Waals surface area contributed by atoms with Gasteiger partial charge in [-0.1, -0.05) is 0 Å². The third-order valence-electron chi connectivity index (χ3n) is 3.15. The summed E-state index contributed by atoms with van der Waals surface area (Å²) >= 11 is 0. The molecule has 1 saturated heterocycles.